The molecule has 2 N–H and O–H groups in total. The highest BCUT2D eigenvalue weighted by molar-refractivity contribution is 7.92. The van der Waals surface area contributed by atoms with Gasteiger partial charge in [0.05, 0.1) is 11.9 Å². The molecule has 1 aromatic heterocycles. The van der Waals surface area contributed by atoms with Crippen LogP contribution < -0.4 is 10.0 Å². The zero-order valence-corrected chi connectivity index (χ0v) is 11.6. The van der Waals surface area contributed by atoms with Crippen LogP contribution in [0.3, 0.4) is 0 Å². The normalized spacial score (nSPS) is 11.2. The fourth-order valence-corrected chi connectivity index (χ4v) is 2.69. The third-order valence-electron chi connectivity index (χ3n) is 2.20. The van der Waals surface area contributed by atoms with Crippen LogP contribution in [0.2, 0.25) is 0 Å². The summed E-state index contributed by atoms with van der Waals surface area (Å²) in [6.07, 6.45) is 1.13. The first-order chi connectivity index (χ1) is 8.48. The molecule has 0 aliphatic heterocycles. The number of aromatic nitrogens is 1. The number of thiazole rings is 1. The summed E-state index contributed by atoms with van der Waals surface area (Å²) in [5.74, 6) is 0. The lowest BCUT2D eigenvalue weighted by Gasteiger charge is -2.04. The minimum atomic E-state index is -3.23. The number of sulfonamides is 1. The van der Waals surface area contributed by atoms with Crippen molar-refractivity contribution in [2.45, 2.75) is 0 Å². The van der Waals surface area contributed by atoms with Gasteiger partial charge in [-0.05, 0) is 12.1 Å². The molecule has 0 atom stereocenters. The topological polar surface area (TPSA) is 71.1 Å². The zero-order valence-electron chi connectivity index (χ0n) is 9.97. The van der Waals surface area contributed by atoms with Gasteiger partial charge in [0.25, 0.3) is 0 Å². The highest BCUT2D eigenvalue weighted by Gasteiger charge is 2.05. The first-order valence-electron chi connectivity index (χ1n) is 5.19. The Morgan fingerprint density at radius 2 is 1.89 bits per heavy atom. The maximum atomic E-state index is 11.1. The van der Waals surface area contributed by atoms with E-state index in [1.165, 1.54) is 11.3 Å². The maximum absolute atomic E-state index is 11.1. The summed E-state index contributed by atoms with van der Waals surface area (Å²) < 4.78 is 24.6. The molecule has 0 aliphatic rings. The highest BCUT2D eigenvalue weighted by Crippen LogP contribution is 2.25. The fraction of sp³-hybridized carbons (Fsp3) is 0.182. The van der Waals surface area contributed by atoms with Crippen LogP contribution in [0.4, 0.5) is 10.8 Å². The molecule has 2 rings (SSSR count). The van der Waals surface area contributed by atoms with Crippen LogP contribution in [-0.4, -0.2) is 26.7 Å². The fourth-order valence-electron chi connectivity index (χ4n) is 1.44. The van der Waals surface area contributed by atoms with Gasteiger partial charge in [-0.3, -0.25) is 4.72 Å². The van der Waals surface area contributed by atoms with Crippen molar-refractivity contribution in [3.05, 3.63) is 29.6 Å². The van der Waals surface area contributed by atoms with Crippen molar-refractivity contribution in [3.63, 3.8) is 0 Å². The molecule has 0 unspecified atom stereocenters. The third-order valence-corrected chi connectivity index (χ3v) is 3.67. The zero-order chi connectivity index (χ0) is 13.2. The second-order valence-electron chi connectivity index (χ2n) is 3.74. The number of hydrogen-bond acceptors (Lipinski definition) is 5. The minimum Gasteiger partial charge on any atom is -0.365 e. The molecule has 2 aromatic rings. The lowest BCUT2D eigenvalue weighted by atomic mass is 10.1. The van der Waals surface area contributed by atoms with Crippen LogP contribution in [0.1, 0.15) is 0 Å². The standard InChI is InChI=1S/C11H13N3O2S2/c1-12-11-13-10(7-17-11)8-3-5-9(6-4-8)14-18(2,15)16/h3-7,14H,1-2H3,(H,12,13). The van der Waals surface area contributed by atoms with Crippen LogP contribution in [0, 0.1) is 0 Å². The minimum absolute atomic E-state index is 0.547. The Bertz CT molecular complexity index is 633. The van der Waals surface area contributed by atoms with Gasteiger partial charge in [0.15, 0.2) is 5.13 Å². The average molecular weight is 283 g/mol. The number of nitrogens with zero attached hydrogens (tertiary/aromatic N) is 1. The van der Waals surface area contributed by atoms with Crippen molar-refractivity contribution >= 4 is 32.2 Å². The molecule has 0 amide bonds. The van der Waals surface area contributed by atoms with Crippen LogP contribution in [0.15, 0.2) is 29.6 Å². The third kappa shape index (κ3) is 3.21. The Morgan fingerprint density at radius 1 is 1.22 bits per heavy atom. The lowest BCUT2D eigenvalue weighted by Crippen LogP contribution is -2.09. The molecule has 5 nitrogen and oxygen atoms in total. The Kier molecular flexibility index (Phi) is 3.53. The number of benzene rings is 1. The summed E-state index contributed by atoms with van der Waals surface area (Å²) in [5, 5.41) is 5.77. The molecule has 0 saturated carbocycles. The predicted octanol–water partition coefficient (Wildman–Crippen LogP) is 2.22. The SMILES string of the molecule is CNc1nc(-c2ccc(NS(C)(=O)=O)cc2)cs1. The Morgan fingerprint density at radius 3 is 2.39 bits per heavy atom. The molecule has 0 fully saturated rings. The smallest absolute Gasteiger partial charge is 0.229 e. The summed E-state index contributed by atoms with van der Waals surface area (Å²) in [6.45, 7) is 0. The molecule has 7 heteroatoms. The van der Waals surface area contributed by atoms with Crippen LogP contribution >= 0.6 is 11.3 Å². The van der Waals surface area contributed by atoms with E-state index < -0.39 is 10.0 Å². The molecule has 1 aromatic carbocycles. The number of hydrogen-bond donors (Lipinski definition) is 2. The van der Waals surface area contributed by atoms with Crippen molar-refractivity contribution < 1.29 is 8.42 Å². The Balaban J connectivity index is 2.22. The second-order valence-corrected chi connectivity index (χ2v) is 6.35. The van der Waals surface area contributed by atoms with Gasteiger partial charge in [-0.25, -0.2) is 13.4 Å². The summed E-state index contributed by atoms with van der Waals surface area (Å²) in [4.78, 5) is 4.37. The summed E-state index contributed by atoms with van der Waals surface area (Å²) in [7, 11) is -1.41. The summed E-state index contributed by atoms with van der Waals surface area (Å²) >= 11 is 1.52. The quantitative estimate of drug-likeness (QED) is 0.902. The van der Waals surface area contributed by atoms with Crippen LogP contribution in [-0.2, 0) is 10.0 Å². The molecular weight excluding hydrogens is 270 g/mol. The van der Waals surface area contributed by atoms with Crippen molar-refractivity contribution in [2.75, 3.05) is 23.3 Å². The van der Waals surface area contributed by atoms with Gasteiger partial charge >= 0.3 is 0 Å². The van der Waals surface area contributed by atoms with E-state index in [4.69, 9.17) is 0 Å². The maximum Gasteiger partial charge on any atom is 0.229 e. The van der Waals surface area contributed by atoms with Gasteiger partial charge in [0, 0.05) is 23.7 Å². The number of anilines is 2. The molecule has 18 heavy (non-hydrogen) atoms. The molecule has 96 valence electrons. The monoisotopic (exact) mass is 283 g/mol. The predicted molar refractivity (Wildman–Crippen MR) is 75.6 cm³/mol. The first kappa shape index (κ1) is 12.8. The van der Waals surface area contributed by atoms with Gasteiger partial charge in [0.1, 0.15) is 0 Å². The second kappa shape index (κ2) is 4.95. The largest absolute Gasteiger partial charge is 0.365 e. The van der Waals surface area contributed by atoms with E-state index >= 15 is 0 Å². The molecule has 0 aliphatic carbocycles. The van der Waals surface area contributed by atoms with Crippen molar-refractivity contribution in [1.29, 1.82) is 0 Å². The summed E-state index contributed by atoms with van der Waals surface area (Å²) in [5.41, 5.74) is 2.37. The summed E-state index contributed by atoms with van der Waals surface area (Å²) in [6, 6.07) is 7.10. The Labute approximate surface area is 110 Å². The molecular formula is C11H13N3O2S2. The molecule has 0 spiro atoms. The molecule has 1 heterocycles. The van der Waals surface area contributed by atoms with Gasteiger partial charge in [-0.15, -0.1) is 11.3 Å². The van der Waals surface area contributed by atoms with Crippen molar-refractivity contribution in [1.82, 2.24) is 4.98 Å². The molecule has 0 bridgehead atoms. The van der Waals surface area contributed by atoms with E-state index in [-0.39, 0.29) is 0 Å². The van der Waals surface area contributed by atoms with Crippen LogP contribution in [0.25, 0.3) is 11.3 Å². The Hall–Kier alpha value is -1.60. The van der Waals surface area contributed by atoms with Gasteiger partial charge in [-0.1, -0.05) is 12.1 Å². The van der Waals surface area contributed by atoms with Crippen LogP contribution in [0.5, 0.6) is 0 Å². The van der Waals surface area contributed by atoms with E-state index in [0.29, 0.717) is 5.69 Å². The molecule has 0 radical (unpaired) electrons. The van der Waals surface area contributed by atoms with E-state index in [1.54, 1.807) is 12.1 Å². The first-order valence-corrected chi connectivity index (χ1v) is 7.96. The van der Waals surface area contributed by atoms with E-state index in [2.05, 4.69) is 15.0 Å². The van der Waals surface area contributed by atoms with Gasteiger partial charge in [0.2, 0.25) is 10.0 Å². The van der Waals surface area contributed by atoms with Crippen molar-refractivity contribution in [3.8, 4) is 11.3 Å². The van der Waals surface area contributed by atoms with E-state index in [9.17, 15) is 8.42 Å². The van der Waals surface area contributed by atoms with E-state index in [1.807, 2.05) is 24.6 Å². The highest BCUT2D eigenvalue weighted by atomic mass is 32.2. The van der Waals surface area contributed by atoms with Crippen molar-refractivity contribution in [2.24, 2.45) is 0 Å². The number of rotatable bonds is 4. The lowest BCUT2D eigenvalue weighted by molar-refractivity contribution is 0.607. The van der Waals surface area contributed by atoms with Gasteiger partial charge < -0.3 is 5.32 Å². The van der Waals surface area contributed by atoms with E-state index in [0.717, 1.165) is 22.6 Å². The number of nitrogens with one attached hydrogen (secondary N) is 2. The van der Waals surface area contributed by atoms with Gasteiger partial charge in [-0.2, -0.15) is 0 Å². The molecule has 0 saturated heterocycles. The average Bonchev–Trinajstić information content (AvgIpc) is 2.76.